The van der Waals surface area contributed by atoms with Crippen molar-refractivity contribution in [1.29, 1.82) is 0 Å². The SMILES string of the molecule is Cc1c(C)c(O)c2c(c1O)C(=O)C(=O)N2C. The molecule has 2 N–H and O–H groups in total. The van der Waals surface area contributed by atoms with Crippen LogP contribution in [0.25, 0.3) is 0 Å². The predicted molar refractivity (Wildman–Crippen MR) is 57.0 cm³/mol. The number of rotatable bonds is 0. The molecule has 5 nitrogen and oxygen atoms in total. The zero-order valence-corrected chi connectivity index (χ0v) is 9.16. The molecule has 1 aliphatic heterocycles. The average molecular weight is 221 g/mol. The summed E-state index contributed by atoms with van der Waals surface area (Å²) in [6.07, 6.45) is 0. The van der Waals surface area contributed by atoms with E-state index < -0.39 is 11.7 Å². The normalized spacial score (nSPS) is 14.6. The smallest absolute Gasteiger partial charge is 0.299 e. The lowest BCUT2D eigenvalue weighted by Crippen LogP contribution is -2.24. The summed E-state index contributed by atoms with van der Waals surface area (Å²) in [6, 6.07) is 0. The number of benzene rings is 1. The van der Waals surface area contributed by atoms with E-state index in [4.69, 9.17) is 0 Å². The van der Waals surface area contributed by atoms with E-state index >= 15 is 0 Å². The third kappa shape index (κ3) is 0.997. The highest BCUT2D eigenvalue weighted by atomic mass is 16.3. The highest BCUT2D eigenvalue weighted by Crippen LogP contribution is 2.45. The Hall–Kier alpha value is -2.04. The fourth-order valence-corrected chi connectivity index (χ4v) is 1.85. The maximum atomic E-state index is 11.6. The summed E-state index contributed by atoms with van der Waals surface area (Å²) in [5.41, 5.74) is 0.863. The molecule has 16 heavy (non-hydrogen) atoms. The van der Waals surface area contributed by atoms with Gasteiger partial charge < -0.3 is 15.1 Å². The number of aromatic hydroxyl groups is 2. The van der Waals surface area contributed by atoms with E-state index in [0.717, 1.165) is 4.90 Å². The topological polar surface area (TPSA) is 77.8 Å². The second-order valence-electron chi connectivity index (χ2n) is 3.86. The summed E-state index contributed by atoms with van der Waals surface area (Å²) in [5.74, 6) is -1.89. The second kappa shape index (κ2) is 2.98. The van der Waals surface area contributed by atoms with Crippen LogP contribution in [0.2, 0.25) is 0 Å². The summed E-state index contributed by atoms with van der Waals surface area (Å²) in [5, 5.41) is 19.7. The third-order valence-corrected chi connectivity index (χ3v) is 3.03. The van der Waals surface area contributed by atoms with E-state index in [9.17, 15) is 19.8 Å². The molecule has 84 valence electrons. The zero-order valence-electron chi connectivity index (χ0n) is 9.16. The number of ketones is 1. The first kappa shape index (κ1) is 10.5. The Bertz CT molecular complexity index is 534. The Morgan fingerprint density at radius 1 is 1.00 bits per heavy atom. The molecule has 0 atom stereocenters. The molecule has 0 fully saturated rings. The minimum Gasteiger partial charge on any atom is -0.507 e. The first-order valence-corrected chi connectivity index (χ1v) is 4.75. The molecule has 5 heteroatoms. The van der Waals surface area contributed by atoms with Gasteiger partial charge >= 0.3 is 0 Å². The highest BCUT2D eigenvalue weighted by molar-refractivity contribution is 6.53. The largest absolute Gasteiger partial charge is 0.507 e. The summed E-state index contributed by atoms with van der Waals surface area (Å²) in [4.78, 5) is 24.1. The number of likely N-dealkylation sites (N-methyl/N-ethyl adjacent to an activating group) is 1. The van der Waals surface area contributed by atoms with Gasteiger partial charge in [0.15, 0.2) is 0 Å². The summed E-state index contributed by atoms with van der Waals surface area (Å²) >= 11 is 0. The van der Waals surface area contributed by atoms with Gasteiger partial charge in [-0.1, -0.05) is 0 Å². The standard InChI is InChI=1S/C11H11NO4/c1-4-5(2)9(14)7-6(8(4)13)10(15)11(16)12(7)3/h13-14H,1-3H3. The van der Waals surface area contributed by atoms with Gasteiger partial charge in [0.05, 0.1) is 5.56 Å². The van der Waals surface area contributed by atoms with Crippen LogP contribution in [0, 0.1) is 13.8 Å². The van der Waals surface area contributed by atoms with Gasteiger partial charge in [-0.2, -0.15) is 0 Å². The van der Waals surface area contributed by atoms with Crippen LogP contribution in [-0.4, -0.2) is 29.0 Å². The van der Waals surface area contributed by atoms with E-state index in [1.54, 1.807) is 13.8 Å². The number of phenols is 2. The summed E-state index contributed by atoms with van der Waals surface area (Å²) < 4.78 is 0. The molecule has 0 saturated carbocycles. The van der Waals surface area contributed by atoms with Crippen molar-refractivity contribution in [2.75, 3.05) is 11.9 Å². The van der Waals surface area contributed by atoms with Crippen molar-refractivity contribution >= 4 is 17.4 Å². The van der Waals surface area contributed by atoms with Crippen molar-refractivity contribution < 1.29 is 19.8 Å². The third-order valence-electron chi connectivity index (χ3n) is 3.03. The molecular weight excluding hydrogens is 210 g/mol. The van der Waals surface area contributed by atoms with Crippen molar-refractivity contribution in [1.82, 2.24) is 0 Å². The fraction of sp³-hybridized carbons (Fsp3) is 0.273. The van der Waals surface area contributed by atoms with E-state index in [0.29, 0.717) is 11.1 Å². The zero-order chi connectivity index (χ0) is 12.2. The van der Waals surface area contributed by atoms with Gasteiger partial charge in [-0.05, 0) is 25.0 Å². The summed E-state index contributed by atoms with van der Waals surface area (Å²) in [6.45, 7) is 3.20. The lowest BCUT2D eigenvalue weighted by molar-refractivity contribution is -0.114. The second-order valence-corrected chi connectivity index (χ2v) is 3.86. The Morgan fingerprint density at radius 3 is 2.06 bits per heavy atom. The van der Waals surface area contributed by atoms with E-state index in [-0.39, 0.29) is 22.7 Å². The molecule has 1 aliphatic rings. The molecule has 0 radical (unpaired) electrons. The van der Waals surface area contributed by atoms with Crippen LogP contribution in [0.5, 0.6) is 11.5 Å². The van der Waals surface area contributed by atoms with Gasteiger partial charge in [0.1, 0.15) is 17.2 Å². The first-order chi connectivity index (χ1) is 7.37. The van der Waals surface area contributed by atoms with Crippen LogP contribution in [0.15, 0.2) is 0 Å². The van der Waals surface area contributed by atoms with Crippen molar-refractivity contribution in [3.8, 4) is 11.5 Å². The van der Waals surface area contributed by atoms with E-state index in [2.05, 4.69) is 0 Å². The molecule has 1 aromatic carbocycles. The Labute approximate surface area is 91.9 Å². The number of hydrogen-bond acceptors (Lipinski definition) is 4. The number of anilines is 1. The maximum absolute atomic E-state index is 11.6. The monoisotopic (exact) mass is 221 g/mol. The fourth-order valence-electron chi connectivity index (χ4n) is 1.85. The quantitative estimate of drug-likeness (QED) is 0.503. The van der Waals surface area contributed by atoms with Crippen molar-refractivity contribution in [2.24, 2.45) is 0 Å². The Morgan fingerprint density at radius 2 is 1.50 bits per heavy atom. The van der Waals surface area contributed by atoms with Crippen LogP contribution >= 0.6 is 0 Å². The van der Waals surface area contributed by atoms with Crippen molar-refractivity contribution in [3.05, 3.63) is 16.7 Å². The minimum absolute atomic E-state index is 0.0931. The molecule has 0 saturated heterocycles. The van der Waals surface area contributed by atoms with Gasteiger partial charge in [-0.15, -0.1) is 0 Å². The van der Waals surface area contributed by atoms with Crippen LogP contribution in [0.3, 0.4) is 0 Å². The van der Waals surface area contributed by atoms with Gasteiger partial charge in [-0.3, -0.25) is 9.59 Å². The van der Waals surface area contributed by atoms with E-state index in [1.165, 1.54) is 7.05 Å². The Balaban J connectivity index is 2.91. The molecule has 0 unspecified atom stereocenters. The molecule has 1 aromatic rings. The van der Waals surface area contributed by atoms with Gasteiger partial charge in [0.25, 0.3) is 11.7 Å². The number of fused-ring (bicyclic) bond motifs is 1. The van der Waals surface area contributed by atoms with Crippen molar-refractivity contribution in [3.63, 3.8) is 0 Å². The number of phenolic OH excluding ortho intramolecular Hbond substituents is 2. The molecule has 0 aliphatic carbocycles. The number of Topliss-reactive ketones (excluding diaryl/α,β-unsaturated/α-hetero) is 1. The molecule has 1 heterocycles. The number of hydrogen-bond donors (Lipinski definition) is 2. The van der Waals surface area contributed by atoms with Gasteiger partial charge in [0.2, 0.25) is 0 Å². The van der Waals surface area contributed by atoms with E-state index in [1.807, 2.05) is 0 Å². The maximum Gasteiger partial charge on any atom is 0.299 e. The molecule has 2 rings (SSSR count). The molecule has 1 amide bonds. The molecule has 0 bridgehead atoms. The Kier molecular flexibility index (Phi) is 1.95. The number of nitrogens with zero attached hydrogens (tertiary/aromatic N) is 1. The molecule has 0 aromatic heterocycles. The molecular formula is C11H11NO4. The van der Waals surface area contributed by atoms with Crippen molar-refractivity contribution in [2.45, 2.75) is 13.8 Å². The van der Waals surface area contributed by atoms with Crippen LogP contribution in [0.4, 0.5) is 5.69 Å². The van der Waals surface area contributed by atoms with Crippen LogP contribution in [-0.2, 0) is 4.79 Å². The number of amides is 1. The van der Waals surface area contributed by atoms with Crippen LogP contribution in [0.1, 0.15) is 21.5 Å². The lowest BCUT2D eigenvalue weighted by atomic mass is 10.00. The highest BCUT2D eigenvalue weighted by Gasteiger charge is 2.39. The number of carbonyl (C=O) groups excluding carboxylic acids is 2. The molecule has 0 spiro atoms. The predicted octanol–water partition coefficient (Wildman–Crippen LogP) is 0.874. The summed E-state index contributed by atoms with van der Waals surface area (Å²) in [7, 11) is 1.39. The lowest BCUT2D eigenvalue weighted by Gasteiger charge is -2.15. The number of carbonyl (C=O) groups is 2. The van der Waals surface area contributed by atoms with Crippen LogP contribution < -0.4 is 4.90 Å². The van der Waals surface area contributed by atoms with Gasteiger partial charge in [0, 0.05) is 7.05 Å². The van der Waals surface area contributed by atoms with Gasteiger partial charge in [-0.25, -0.2) is 0 Å². The minimum atomic E-state index is -0.784. The first-order valence-electron chi connectivity index (χ1n) is 4.75. The average Bonchev–Trinajstić information content (AvgIpc) is 2.48.